The van der Waals surface area contributed by atoms with Crippen LogP contribution in [0.1, 0.15) is 0 Å². The fourth-order valence-electron chi connectivity index (χ4n) is 2.33. The molecule has 3 aliphatic rings. The van der Waals surface area contributed by atoms with Gasteiger partial charge in [0.15, 0.2) is 0 Å². The van der Waals surface area contributed by atoms with Crippen LogP contribution in [-0.4, -0.2) is 73.9 Å². The Balaban J connectivity index is 0.000000180. The molecule has 3 fully saturated rings. The first kappa shape index (κ1) is 14.7. The zero-order valence-corrected chi connectivity index (χ0v) is 11.2. The van der Waals surface area contributed by atoms with Gasteiger partial charge in [-0.3, -0.25) is 4.90 Å². The van der Waals surface area contributed by atoms with Gasteiger partial charge >= 0.3 is 0 Å². The van der Waals surface area contributed by atoms with Crippen molar-refractivity contribution in [1.29, 1.82) is 0 Å². The van der Waals surface area contributed by atoms with E-state index < -0.39 is 0 Å². The van der Waals surface area contributed by atoms with Crippen molar-refractivity contribution >= 4 is 0 Å². The van der Waals surface area contributed by atoms with Crippen LogP contribution in [0.2, 0.25) is 0 Å². The van der Waals surface area contributed by atoms with Crippen LogP contribution in [0.5, 0.6) is 0 Å². The number of hydrogen-bond acceptors (Lipinski definition) is 5. The Morgan fingerprint density at radius 2 is 1.58 bits per heavy atom. The third kappa shape index (κ3) is 4.12. The van der Waals surface area contributed by atoms with Crippen LogP contribution < -0.4 is 0 Å². The van der Waals surface area contributed by atoms with Crippen LogP contribution in [0, 0.1) is 0 Å². The van der Waals surface area contributed by atoms with Crippen molar-refractivity contribution in [2.24, 2.45) is 0 Å². The van der Waals surface area contributed by atoms with Gasteiger partial charge in [0.2, 0.25) is 0 Å². The monoisotopic (exact) mass is 269 g/mol. The zero-order valence-electron chi connectivity index (χ0n) is 11.2. The Morgan fingerprint density at radius 1 is 1.00 bits per heavy atom. The van der Waals surface area contributed by atoms with E-state index in [0.717, 1.165) is 26.3 Å². The van der Waals surface area contributed by atoms with Crippen LogP contribution in [0.25, 0.3) is 0 Å². The highest BCUT2D eigenvalue weighted by Crippen LogP contribution is 2.27. The molecule has 3 rings (SSSR count). The maximum Gasteiger partial charge on any atom is 0.110 e. The molecule has 0 aliphatic carbocycles. The van der Waals surface area contributed by atoms with Crippen LogP contribution in [-0.2, 0) is 14.2 Å². The Morgan fingerprint density at radius 3 is 1.89 bits per heavy atom. The first-order chi connectivity index (χ1) is 9.26. The molecule has 0 aromatic rings. The minimum absolute atomic E-state index is 0.0935. The second-order valence-corrected chi connectivity index (χ2v) is 4.95. The Bertz CT molecular complexity index is 292. The highest BCUT2D eigenvalue weighted by Gasteiger charge is 2.44. The minimum atomic E-state index is -0.375. The molecule has 0 amide bonds. The summed E-state index contributed by atoms with van der Waals surface area (Å²) in [5, 5.41) is 9.58. The van der Waals surface area contributed by atoms with Gasteiger partial charge in [-0.15, -0.1) is 13.2 Å². The predicted octanol–water partition coefficient (Wildman–Crippen LogP) is 0.204. The summed E-state index contributed by atoms with van der Waals surface area (Å²) in [6.45, 7) is 11.6. The van der Waals surface area contributed by atoms with E-state index in [2.05, 4.69) is 18.1 Å². The van der Waals surface area contributed by atoms with E-state index in [1.807, 2.05) is 12.2 Å². The van der Waals surface area contributed by atoms with Gasteiger partial charge in [-0.1, -0.05) is 12.2 Å². The van der Waals surface area contributed by atoms with E-state index in [1.54, 1.807) is 0 Å². The SMILES string of the molecule is C1OCC2OC12.C=CCN(CC=C)[C@H]1COC[C@@H]1O. The van der Waals surface area contributed by atoms with Crippen molar-refractivity contribution in [1.82, 2.24) is 4.90 Å². The Kier molecular flexibility index (Phi) is 5.54. The number of rotatable bonds is 5. The summed E-state index contributed by atoms with van der Waals surface area (Å²) >= 11 is 0. The van der Waals surface area contributed by atoms with Gasteiger partial charge in [-0.05, 0) is 0 Å². The van der Waals surface area contributed by atoms with Gasteiger partial charge < -0.3 is 19.3 Å². The topological polar surface area (TPSA) is 54.5 Å². The fourth-order valence-corrected chi connectivity index (χ4v) is 2.33. The molecule has 0 saturated carbocycles. The molecule has 0 aromatic heterocycles. The van der Waals surface area contributed by atoms with Gasteiger partial charge in [0.1, 0.15) is 12.2 Å². The molecular formula is C14H23NO4. The Hall–Kier alpha value is -0.720. The molecule has 0 bridgehead atoms. The summed E-state index contributed by atoms with van der Waals surface area (Å²) in [5.41, 5.74) is 0. The van der Waals surface area contributed by atoms with Crippen LogP contribution in [0.15, 0.2) is 25.3 Å². The molecule has 3 aliphatic heterocycles. The van der Waals surface area contributed by atoms with E-state index in [0.29, 0.717) is 25.4 Å². The summed E-state index contributed by atoms with van der Waals surface area (Å²) in [7, 11) is 0. The number of epoxide rings is 1. The van der Waals surface area contributed by atoms with E-state index in [1.165, 1.54) is 0 Å². The van der Waals surface area contributed by atoms with Gasteiger partial charge in [0.25, 0.3) is 0 Å². The van der Waals surface area contributed by atoms with E-state index >= 15 is 0 Å². The average Bonchev–Trinajstić information content (AvgIpc) is 2.82. The third-order valence-electron chi connectivity index (χ3n) is 3.47. The second-order valence-electron chi connectivity index (χ2n) is 4.95. The van der Waals surface area contributed by atoms with Crippen molar-refractivity contribution in [3.05, 3.63) is 25.3 Å². The molecule has 0 aromatic carbocycles. The summed E-state index contributed by atoms with van der Waals surface area (Å²) in [6, 6.07) is 0.0935. The molecule has 0 radical (unpaired) electrons. The number of fused-ring (bicyclic) bond motifs is 1. The van der Waals surface area contributed by atoms with Crippen molar-refractivity contribution in [2.45, 2.75) is 24.4 Å². The summed E-state index contributed by atoms with van der Waals surface area (Å²) < 4.78 is 15.2. The summed E-state index contributed by atoms with van der Waals surface area (Å²) in [6.07, 6.45) is 4.26. The molecular weight excluding hydrogens is 246 g/mol. The van der Waals surface area contributed by atoms with Gasteiger partial charge in [0.05, 0.1) is 38.6 Å². The molecule has 3 heterocycles. The van der Waals surface area contributed by atoms with Crippen LogP contribution >= 0.6 is 0 Å². The quantitative estimate of drug-likeness (QED) is 0.571. The average molecular weight is 269 g/mol. The molecule has 5 heteroatoms. The molecule has 2 unspecified atom stereocenters. The number of aliphatic hydroxyl groups excluding tert-OH is 1. The molecule has 0 spiro atoms. The number of hydrogen-bond donors (Lipinski definition) is 1. The lowest BCUT2D eigenvalue weighted by molar-refractivity contribution is 0.0942. The maximum atomic E-state index is 9.58. The van der Waals surface area contributed by atoms with Crippen LogP contribution in [0.4, 0.5) is 0 Å². The lowest BCUT2D eigenvalue weighted by atomic mass is 10.2. The highest BCUT2D eigenvalue weighted by molar-refractivity contribution is 4.90. The smallest absolute Gasteiger partial charge is 0.110 e. The summed E-state index contributed by atoms with van der Waals surface area (Å²) in [5.74, 6) is 0. The van der Waals surface area contributed by atoms with Gasteiger partial charge in [0, 0.05) is 13.1 Å². The van der Waals surface area contributed by atoms with Crippen molar-refractivity contribution < 1.29 is 19.3 Å². The molecule has 108 valence electrons. The Labute approximate surface area is 114 Å². The number of aliphatic hydroxyl groups is 1. The minimum Gasteiger partial charge on any atom is -0.389 e. The standard InChI is InChI=1S/C10H17NO2.C4H6O2/c1-3-5-11(6-4-2)9-7-13-8-10(9)12;1-3-4(6-3)2-5-1/h3-4,9-10,12H,1-2,5-8H2;3-4H,1-2H2/t9-,10-;/m0./s1. The third-order valence-corrected chi connectivity index (χ3v) is 3.47. The number of nitrogens with zero attached hydrogens (tertiary/aromatic N) is 1. The second kappa shape index (κ2) is 7.17. The summed E-state index contributed by atoms with van der Waals surface area (Å²) in [4.78, 5) is 2.11. The van der Waals surface area contributed by atoms with E-state index in [9.17, 15) is 5.11 Å². The lowest BCUT2D eigenvalue weighted by Gasteiger charge is -2.27. The molecule has 3 saturated heterocycles. The van der Waals surface area contributed by atoms with Crippen molar-refractivity contribution in [3.63, 3.8) is 0 Å². The largest absolute Gasteiger partial charge is 0.389 e. The van der Waals surface area contributed by atoms with Crippen molar-refractivity contribution in [2.75, 3.05) is 39.5 Å². The zero-order chi connectivity index (χ0) is 13.7. The fraction of sp³-hybridized carbons (Fsp3) is 0.714. The van der Waals surface area contributed by atoms with Gasteiger partial charge in [-0.25, -0.2) is 0 Å². The van der Waals surface area contributed by atoms with Gasteiger partial charge in [-0.2, -0.15) is 0 Å². The first-order valence-corrected chi connectivity index (χ1v) is 6.71. The van der Waals surface area contributed by atoms with Crippen LogP contribution in [0.3, 0.4) is 0 Å². The van der Waals surface area contributed by atoms with E-state index in [4.69, 9.17) is 14.2 Å². The highest BCUT2D eigenvalue weighted by atomic mass is 16.7. The molecule has 4 atom stereocenters. The molecule has 5 nitrogen and oxygen atoms in total. The number of ether oxygens (including phenoxy) is 3. The first-order valence-electron chi connectivity index (χ1n) is 6.71. The van der Waals surface area contributed by atoms with E-state index in [-0.39, 0.29) is 12.1 Å². The molecule has 1 N–H and O–H groups in total. The lowest BCUT2D eigenvalue weighted by Crippen LogP contribution is -2.43. The van der Waals surface area contributed by atoms with Crippen molar-refractivity contribution in [3.8, 4) is 0 Å². The normalized spacial score (nSPS) is 35.5. The predicted molar refractivity (Wildman–Crippen MR) is 72.1 cm³/mol. The maximum absolute atomic E-state index is 9.58. The molecule has 19 heavy (non-hydrogen) atoms.